The highest BCUT2D eigenvalue weighted by Gasteiger charge is 2.41. The lowest BCUT2D eigenvalue weighted by molar-refractivity contribution is -0.126. The molecule has 2 atom stereocenters. The molecule has 0 aliphatic carbocycles. The lowest BCUT2D eigenvalue weighted by Crippen LogP contribution is -2.41. The third kappa shape index (κ3) is 7.55. The zero-order valence-electron chi connectivity index (χ0n) is 28.0. The monoisotopic (exact) mass is 728 g/mol. The highest BCUT2D eigenvalue weighted by Crippen LogP contribution is 2.29. The lowest BCUT2D eigenvalue weighted by Gasteiger charge is -2.27. The smallest absolute Gasteiger partial charge is 0.414 e. The first-order valence-electron chi connectivity index (χ1n) is 16.8. The number of amides is 6. The van der Waals surface area contributed by atoms with Gasteiger partial charge in [-0.1, -0.05) is 19.6 Å². The number of imide groups is 1. The van der Waals surface area contributed by atoms with E-state index in [1.807, 2.05) is 12.1 Å². The zero-order chi connectivity index (χ0) is 36.4. The molecular weight excluding hydrogens is 688 g/mol. The van der Waals surface area contributed by atoms with Crippen LogP contribution in [0, 0.1) is 0 Å². The Morgan fingerprint density at radius 3 is 1.36 bits per heavy atom. The van der Waals surface area contributed by atoms with Crippen LogP contribution in [0.15, 0.2) is 72.8 Å². The number of hydrogen-bond donors (Lipinski definition) is 1. The minimum atomic E-state index is -0.629. The Morgan fingerprint density at radius 2 is 0.962 bits per heavy atom. The van der Waals surface area contributed by atoms with Crippen molar-refractivity contribution in [3.8, 4) is 0 Å². The minimum Gasteiger partial charge on any atom is -0.443 e. The second-order valence-corrected chi connectivity index (χ2v) is 12.5. The number of rotatable bonds is 7. The molecule has 0 radical (unpaired) electrons. The molecule has 0 unspecified atom stereocenters. The van der Waals surface area contributed by atoms with E-state index in [-0.39, 0.29) is 69.6 Å². The van der Waals surface area contributed by atoms with Crippen molar-refractivity contribution >= 4 is 58.6 Å². The molecule has 5 aliphatic heterocycles. The second kappa shape index (κ2) is 15.8. The van der Waals surface area contributed by atoms with Crippen molar-refractivity contribution in [3.05, 3.63) is 83.9 Å². The molecule has 4 fully saturated rings. The minimum absolute atomic E-state index is 0. The topological polar surface area (TPSA) is 182 Å². The summed E-state index contributed by atoms with van der Waals surface area (Å²) in [7, 11) is 0. The molecule has 3 aromatic rings. The Labute approximate surface area is 305 Å². The standard InChI is InChI=1S/C22H19N3O6.C14H17N3O4.CH4/c26-19-13-30-10-9-23(19)14-5-7-15(8-6-14)24-11-16(31-22(24)29)12-25-20(27)17-3-1-2-4-18(17)21(25)28;15-7-12-8-17(14(19)21-12)11-3-1-10(2-4-11)16-5-6-20-9-13(16)18;/h1-8,16H,9-13H2;1-4,12H,5-9,15H2;1H4/t16-;12-;/m10./s1. The molecule has 8 rings (SSSR count). The van der Waals surface area contributed by atoms with Gasteiger partial charge in [0.2, 0.25) is 0 Å². The Morgan fingerprint density at radius 1 is 0.566 bits per heavy atom. The summed E-state index contributed by atoms with van der Waals surface area (Å²) in [5, 5.41) is 0. The number of hydrogen-bond acceptors (Lipinski definition) is 11. The van der Waals surface area contributed by atoms with Crippen LogP contribution in [0.2, 0.25) is 0 Å². The average Bonchev–Trinajstić information content (AvgIpc) is 3.81. The number of ether oxygens (including phenoxy) is 4. The van der Waals surface area contributed by atoms with E-state index in [0.29, 0.717) is 56.2 Å². The highest BCUT2D eigenvalue weighted by atomic mass is 16.6. The average molecular weight is 729 g/mol. The maximum Gasteiger partial charge on any atom is 0.414 e. The fourth-order valence-electron chi connectivity index (χ4n) is 6.50. The quantitative estimate of drug-likeness (QED) is 0.353. The maximum absolute atomic E-state index is 12.6. The van der Waals surface area contributed by atoms with E-state index < -0.39 is 12.2 Å². The number of fused-ring (bicyclic) bond motifs is 1. The van der Waals surface area contributed by atoms with E-state index in [2.05, 4.69) is 0 Å². The van der Waals surface area contributed by atoms with Crippen molar-refractivity contribution in [1.29, 1.82) is 0 Å². The van der Waals surface area contributed by atoms with Crippen molar-refractivity contribution in [2.24, 2.45) is 5.73 Å². The Bertz CT molecular complexity index is 1850. The van der Waals surface area contributed by atoms with Gasteiger partial charge in [-0.15, -0.1) is 0 Å². The number of carbonyl (C=O) groups is 6. The van der Waals surface area contributed by atoms with Crippen LogP contribution in [-0.4, -0.2) is 119 Å². The molecule has 0 saturated carbocycles. The van der Waals surface area contributed by atoms with Crippen molar-refractivity contribution in [3.63, 3.8) is 0 Å². The highest BCUT2D eigenvalue weighted by molar-refractivity contribution is 6.21. The van der Waals surface area contributed by atoms with E-state index in [0.717, 1.165) is 22.0 Å². The van der Waals surface area contributed by atoms with Crippen LogP contribution in [0.25, 0.3) is 0 Å². The zero-order valence-corrected chi connectivity index (χ0v) is 28.0. The van der Waals surface area contributed by atoms with Gasteiger partial charge in [0.15, 0.2) is 0 Å². The molecule has 0 spiro atoms. The summed E-state index contributed by atoms with van der Waals surface area (Å²) in [5.41, 5.74) is 9.12. The summed E-state index contributed by atoms with van der Waals surface area (Å²) in [6.07, 6.45) is -1.83. The Kier molecular flexibility index (Phi) is 11.0. The van der Waals surface area contributed by atoms with Crippen molar-refractivity contribution in [1.82, 2.24) is 4.90 Å². The predicted octanol–water partition coefficient (Wildman–Crippen LogP) is 2.64. The molecule has 0 bridgehead atoms. The number of benzene rings is 3. The number of carbonyl (C=O) groups excluding carboxylic acids is 6. The molecule has 16 nitrogen and oxygen atoms in total. The van der Waals surface area contributed by atoms with E-state index >= 15 is 0 Å². The van der Waals surface area contributed by atoms with Gasteiger partial charge >= 0.3 is 12.2 Å². The Balaban J connectivity index is 0.000000191. The van der Waals surface area contributed by atoms with Crippen LogP contribution in [0.5, 0.6) is 0 Å². The van der Waals surface area contributed by atoms with Crippen LogP contribution in [-0.2, 0) is 28.5 Å². The number of nitrogens with two attached hydrogens (primary N) is 1. The number of anilines is 4. The number of cyclic esters (lactones) is 2. The maximum atomic E-state index is 12.6. The van der Waals surface area contributed by atoms with Gasteiger partial charge in [0, 0.05) is 42.4 Å². The molecule has 16 heteroatoms. The van der Waals surface area contributed by atoms with Crippen LogP contribution in [0.3, 0.4) is 0 Å². The SMILES string of the molecule is C.NC[C@H]1CN(c2ccc(N3CCOCC3=O)cc2)C(=O)O1.O=C1c2ccccc2C(=O)N1C[C@H]1CN(c2ccc(N3CCOCC3=O)cc2)C(=O)O1. The van der Waals surface area contributed by atoms with Crippen molar-refractivity contribution in [2.45, 2.75) is 19.6 Å². The molecule has 4 saturated heterocycles. The molecule has 6 amide bonds. The van der Waals surface area contributed by atoms with Gasteiger partial charge in [0.1, 0.15) is 25.4 Å². The first kappa shape index (κ1) is 36.9. The van der Waals surface area contributed by atoms with E-state index in [1.165, 1.54) is 4.90 Å². The summed E-state index contributed by atoms with van der Waals surface area (Å²) < 4.78 is 20.8. The fourth-order valence-corrected chi connectivity index (χ4v) is 6.50. The molecule has 5 aliphatic rings. The van der Waals surface area contributed by atoms with Gasteiger partial charge in [-0.25, -0.2) is 9.59 Å². The molecular formula is C37H40N6O10. The first-order valence-corrected chi connectivity index (χ1v) is 16.8. The number of morpholine rings is 2. The van der Waals surface area contributed by atoms with Crippen LogP contribution in [0.4, 0.5) is 32.3 Å². The molecule has 3 aromatic carbocycles. The third-order valence-electron chi connectivity index (χ3n) is 9.19. The summed E-state index contributed by atoms with van der Waals surface area (Å²) in [5.74, 6) is -0.928. The lowest BCUT2D eigenvalue weighted by atomic mass is 10.1. The molecule has 2 N–H and O–H groups in total. The summed E-state index contributed by atoms with van der Waals surface area (Å²) in [6, 6.07) is 20.9. The van der Waals surface area contributed by atoms with Crippen LogP contribution < -0.4 is 25.3 Å². The fraction of sp³-hybridized carbons (Fsp3) is 0.351. The van der Waals surface area contributed by atoms with Gasteiger partial charge in [-0.3, -0.25) is 33.9 Å². The molecule has 0 aromatic heterocycles. The van der Waals surface area contributed by atoms with Crippen LogP contribution >= 0.6 is 0 Å². The normalized spacial score (nSPS) is 21.3. The van der Waals surface area contributed by atoms with Crippen LogP contribution in [0.1, 0.15) is 28.1 Å². The summed E-state index contributed by atoms with van der Waals surface area (Å²) >= 11 is 0. The van der Waals surface area contributed by atoms with E-state index in [1.54, 1.807) is 75.4 Å². The van der Waals surface area contributed by atoms with E-state index in [4.69, 9.17) is 24.7 Å². The second-order valence-electron chi connectivity index (χ2n) is 12.5. The first-order chi connectivity index (χ1) is 25.2. The Hall–Kier alpha value is -5.84. The van der Waals surface area contributed by atoms with Gasteiger partial charge < -0.3 is 34.5 Å². The van der Waals surface area contributed by atoms with Crippen molar-refractivity contribution < 1.29 is 47.7 Å². The van der Waals surface area contributed by atoms with Gasteiger partial charge in [0.05, 0.1) is 44.0 Å². The largest absolute Gasteiger partial charge is 0.443 e. The third-order valence-corrected chi connectivity index (χ3v) is 9.19. The number of nitrogens with zero attached hydrogens (tertiary/aromatic N) is 5. The predicted molar refractivity (Wildman–Crippen MR) is 192 cm³/mol. The summed E-state index contributed by atoms with van der Waals surface area (Å²) in [6.45, 7) is 3.16. The summed E-state index contributed by atoms with van der Waals surface area (Å²) in [4.78, 5) is 80.5. The molecule has 5 heterocycles. The van der Waals surface area contributed by atoms with Gasteiger partial charge in [-0.2, -0.15) is 0 Å². The molecule has 53 heavy (non-hydrogen) atoms. The van der Waals surface area contributed by atoms with Gasteiger partial charge in [-0.05, 0) is 60.7 Å². The molecule has 278 valence electrons. The van der Waals surface area contributed by atoms with Crippen molar-refractivity contribution in [2.75, 3.05) is 85.3 Å². The van der Waals surface area contributed by atoms with E-state index in [9.17, 15) is 28.8 Å². The van der Waals surface area contributed by atoms with Gasteiger partial charge in [0.25, 0.3) is 23.6 Å².